The van der Waals surface area contributed by atoms with Crippen LogP contribution in [0.4, 0.5) is 10.5 Å². The fourth-order valence-corrected chi connectivity index (χ4v) is 4.44. The number of cyclic esters (lactones) is 1. The Bertz CT molecular complexity index is 837. The molecule has 0 saturated carbocycles. The maximum Gasteiger partial charge on any atom is 0.414 e. The van der Waals surface area contributed by atoms with E-state index in [1.54, 1.807) is 12.0 Å². The summed E-state index contributed by atoms with van der Waals surface area (Å²) in [5.74, 6) is 1.47. The van der Waals surface area contributed by atoms with Gasteiger partial charge in [-0.3, -0.25) is 9.80 Å². The molecule has 5 nitrogen and oxygen atoms in total. The van der Waals surface area contributed by atoms with Gasteiger partial charge in [0.1, 0.15) is 11.9 Å². The van der Waals surface area contributed by atoms with Crippen LogP contribution in [0.25, 0.3) is 0 Å². The van der Waals surface area contributed by atoms with Crippen LogP contribution in [0.2, 0.25) is 5.02 Å². The lowest BCUT2D eigenvalue weighted by Gasteiger charge is -2.33. The molecule has 29 heavy (non-hydrogen) atoms. The predicted octanol–water partition coefficient (Wildman–Crippen LogP) is 4.63. The van der Waals surface area contributed by atoms with Gasteiger partial charge < -0.3 is 9.47 Å². The average molecular weight is 415 g/mol. The number of amides is 1. The highest BCUT2D eigenvalue weighted by Gasteiger charge is 2.34. The molecule has 2 fully saturated rings. The summed E-state index contributed by atoms with van der Waals surface area (Å²) in [7, 11) is 1.68. The van der Waals surface area contributed by atoms with Gasteiger partial charge >= 0.3 is 6.09 Å². The van der Waals surface area contributed by atoms with E-state index in [4.69, 9.17) is 21.1 Å². The van der Waals surface area contributed by atoms with Crippen molar-refractivity contribution >= 4 is 23.4 Å². The van der Waals surface area contributed by atoms with Crippen LogP contribution in [-0.4, -0.2) is 50.4 Å². The standard InChI is InChI=1S/C23H27ClN2O3/c1-28-20-7-8-22(24)18(14-20)13-17-9-11-25(12-10-17)15-21-16-26(23(27)29-21)19-5-3-2-4-6-19/h2-8,14,17,21H,9-13,15-16H2,1H3. The molecule has 2 saturated heterocycles. The fraction of sp³-hybridized carbons (Fsp3) is 0.435. The van der Waals surface area contributed by atoms with Crippen molar-refractivity contribution in [2.45, 2.75) is 25.4 Å². The van der Waals surface area contributed by atoms with Crippen molar-refractivity contribution in [1.82, 2.24) is 4.90 Å². The summed E-state index contributed by atoms with van der Waals surface area (Å²) >= 11 is 6.37. The summed E-state index contributed by atoms with van der Waals surface area (Å²) in [6.45, 7) is 3.45. The van der Waals surface area contributed by atoms with Gasteiger partial charge in [-0.25, -0.2) is 4.79 Å². The van der Waals surface area contributed by atoms with Crippen molar-refractivity contribution < 1.29 is 14.3 Å². The van der Waals surface area contributed by atoms with Crippen LogP contribution in [0.1, 0.15) is 18.4 Å². The average Bonchev–Trinajstić information content (AvgIpc) is 3.11. The van der Waals surface area contributed by atoms with E-state index in [0.717, 1.165) is 60.9 Å². The van der Waals surface area contributed by atoms with E-state index in [2.05, 4.69) is 4.90 Å². The molecule has 6 heteroatoms. The first-order valence-electron chi connectivity index (χ1n) is 10.2. The van der Waals surface area contributed by atoms with E-state index in [1.165, 1.54) is 0 Å². The molecule has 1 unspecified atom stereocenters. The Morgan fingerprint density at radius 3 is 2.62 bits per heavy atom. The van der Waals surface area contributed by atoms with Gasteiger partial charge in [-0.05, 0) is 74.2 Å². The Morgan fingerprint density at radius 2 is 1.90 bits per heavy atom. The van der Waals surface area contributed by atoms with E-state index in [9.17, 15) is 4.79 Å². The lowest BCUT2D eigenvalue weighted by Crippen LogP contribution is -2.40. The number of halogens is 1. The van der Waals surface area contributed by atoms with Gasteiger partial charge in [-0.2, -0.15) is 0 Å². The Balaban J connectivity index is 1.27. The smallest absolute Gasteiger partial charge is 0.414 e. The van der Waals surface area contributed by atoms with E-state index in [1.807, 2.05) is 48.5 Å². The number of anilines is 1. The minimum atomic E-state index is -0.247. The van der Waals surface area contributed by atoms with Gasteiger partial charge in [0.15, 0.2) is 0 Å². The first kappa shape index (κ1) is 20.0. The third-order valence-electron chi connectivity index (χ3n) is 5.87. The van der Waals surface area contributed by atoms with Crippen LogP contribution in [0.15, 0.2) is 48.5 Å². The van der Waals surface area contributed by atoms with E-state index >= 15 is 0 Å². The van der Waals surface area contributed by atoms with Crippen molar-refractivity contribution in [2.24, 2.45) is 5.92 Å². The number of para-hydroxylation sites is 1. The number of rotatable bonds is 6. The number of likely N-dealkylation sites (tertiary alicyclic amines) is 1. The Labute approximate surface area is 177 Å². The zero-order valence-electron chi connectivity index (χ0n) is 16.7. The van der Waals surface area contributed by atoms with E-state index in [0.29, 0.717) is 12.5 Å². The molecular weight excluding hydrogens is 388 g/mol. The van der Waals surface area contributed by atoms with Crippen molar-refractivity contribution in [3.8, 4) is 5.75 Å². The number of carbonyl (C=O) groups excluding carboxylic acids is 1. The maximum absolute atomic E-state index is 12.2. The Morgan fingerprint density at radius 1 is 1.14 bits per heavy atom. The summed E-state index contributed by atoms with van der Waals surface area (Å²) in [6, 6.07) is 15.6. The first-order valence-corrected chi connectivity index (χ1v) is 10.6. The van der Waals surface area contributed by atoms with Gasteiger partial charge in [-0.15, -0.1) is 0 Å². The molecule has 2 aliphatic rings. The lowest BCUT2D eigenvalue weighted by molar-refractivity contribution is 0.0914. The summed E-state index contributed by atoms with van der Waals surface area (Å²) in [5.41, 5.74) is 2.06. The zero-order valence-corrected chi connectivity index (χ0v) is 17.5. The minimum absolute atomic E-state index is 0.0768. The summed E-state index contributed by atoms with van der Waals surface area (Å²) in [4.78, 5) is 16.4. The molecule has 0 bridgehead atoms. The van der Waals surface area contributed by atoms with Crippen LogP contribution in [0.3, 0.4) is 0 Å². The highest BCUT2D eigenvalue weighted by molar-refractivity contribution is 6.31. The van der Waals surface area contributed by atoms with Crippen LogP contribution >= 0.6 is 11.6 Å². The monoisotopic (exact) mass is 414 g/mol. The number of benzene rings is 2. The van der Waals surface area contributed by atoms with Crippen molar-refractivity contribution in [3.63, 3.8) is 0 Å². The highest BCUT2D eigenvalue weighted by Crippen LogP contribution is 2.29. The lowest BCUT2D eigenvalue weighted by atomic mass is 9.90. The number of ether oxygens (including phenoxy) is 2. The number of nitrogens with zero attached hydrogens (tertiary/aromatic N) is 2. The molecular formula is C23H27ClN2O3. The molecule has 4 rings (SSSR count). The number of methoxy groups -OCH3 is 1. The molecule has 0 aliphatic carbocycles. The molecule has 0 aromatic heterocycles. The zero-order chi connectivity index (χ0) is 20.2. The largest absolute Gasteiger partial charge is 0.497 e. The molecule has 1 atom stereocenters. The van der Waals surface area contributed by atoms with Gasteiger partial charge in [-0.1, -0.05) is 29.8 Å². The summed E-state index contributed by atoms with van der Waals surface area (Å²) < 4.78 is 10.9. The summed E-state index contributed by atoms with van der Waals surface area (Å²) in [5, 5.41) is 0.812. The molecule has 2 aliphatic heterocycles. The SMILES string of the molecule is COc1ccc(Cl)c(CC2CCN(CC3CN(c4ccccc4)C(=O)O3)CC2)c1. The fourth-order valence-electron chi connectivity index (χ4n) is 4.24. The molecule has 1 amide bonds. The van der Waals surface area contributed by atoms with Gasteiger partial charge in [0.25, 0.3) is 0 Å². The second kappa shape index (κ2) is 9.06. The second-order valence-corrected chi connectivity index (χ2v) is 8.26. The topological polar surface area (TPSA) is 42.0 Å². The number of hydrogen-bond donors (Lipinski definition) is 0. The molecule has 2 heterocycles. The van der Waals surface area contributed by atoms with Crippen molar-refractivity contribution in [2.75, 3.05) is 38.2 Å². The third kappa shape index (κ3) is 4.85. The van der Waals surface area contributed by atoms with Crippen LogP contribution < -0.4 is 9.64 Å². The molecule has 2 aromatic carbocycles. The molecule has 0 radical (unpaired) electrons. The molecule has 154 valence electrons. The quantitative estimate of drug-likeness (QED) is 0.691. The van der Waals surface area contributed by atoms with E-state index < -0.39 is 0 Å². The van der Waals surface area contributed by atoms with Crippen LogP contribution in [0.5, 0.6) is 5.75 Å². The highest BCUT2D eigenvalue weighted by atomic mass is 35.5. The normalized spacial score (nSPS) is 20.7. The third-order valence-corrected chi connectivity index (χ3v) is 6.24. The maximum atomic E-state index is 12.2. The Kier molecular flexibility index (Phi) is 6.26. The minimum Gasteiger partial charge on any atom is -0.497 e. The first-order chi connectivity index (χ1) is 14.1. The van der Waals surface area contributed by atoms with E-state index in [-0.39, 0.29) is 12.2 Å². The van der Waals surface area contributed by atoms with Crippen molar-refractivity contribution in [1.29, 1.82) is 0 Å². The Hall–Kier alpha value is -2.24. The number of piperidine rings is 1. The molecule has 0 N–H and O–H groups in total. The van der Waals surface area contributed by atoms with Crippen LogP contribution in [0, 0.1) is 5.92 Å². The van der Waals surface area contributed by atoms with Gasteiger partial charge in [0, 0.05) is 17.3 Å². The molecule has 0 spiro atoms. The van der Waals surface area contributed by atoms with Crippen molar-refractivity contribution in [3.05, 3.63) is 59.1 Å². The number of carbonyl (C=O) groups is 1. The van der Waals surface area contributed by atoms with Gasteiger partial charge in [0.2, 0.25) is 0 Å². The molecule has 2 aromatic rings. The summed E-state index contributed by atoms with van der Waals surface area (Å²) in [6.07, 6.45) is 2.90. The predicted molar refractivity (Wildman–Crippen MR) is 115 cm³/mol. The van der Waals surface area contributed by atoms with Crippen LogP contribution in [-0.2, 0) is 11.2 Å². The second-order valence-electron chi connectivity index (χ2n) is 7.86. The number of hydrogen-bond acceptors (Lipinski definition) is 4. The van der Waals surface area contributed by atoms with Gasteiger partial charge in [0.05, 0.1) is 13.7 Å².